The van der Waals surface area contributed by atoms with E-state index in [4.69, 9.17) is 16.3 Å². The van der Waals surface area contributed by atoms with Crippen molar-refractivity contribution in [1.29, 1.82) is 0 Å². The van der Waals surface area contributed by atoms with E-state index in [9.17, 15) is 0 Å². The Balaban J connectivity index is 2.10. The molecule has 0 amide bonds. The van der Waals surface area contributed by atoms with Gasteiger partial charge in [0.2, 0.25) is 0 Å². The Morgan fingerprint density at radius 2 is 2.08 bits per heavy atom. The summed E-state index contributed by atoms with van der Waals surface area (Å²) in [5.74, 6) is 2.24. The summed E-state index contributed by atoms with van der Waals surface area (Å²) in [4.78, 5) is 0. The number of ether oxygens (including phenoxy) is 1. The van der Waals surface area contributed by atoms with Gasteiger partial charge in [-0.1, -0.05) is 25.2 Å². The molecule has 0 saturated heterocycles. The molecule has 0 heterocycles. The van der Waals surface area contributed by atoms with Crippen molar-refractivity contribution >= 4 is 0 Å². The normalized spacial score (nSPS) is 21.7. The zero-order valence-electron chi connectivity index (χ0n) is 7.33. The lowest BCUT2D eigenvalue weighted by Gasteiger charge is -2.22. The molecule has 1 aliphatic rings. The van der Waals surface area contributed by atoms with E-state index in [1.165, 1.54) is 19.3 Å². The molecule has 0 aromatic heterocycles. The van der Waals surface area contributed by atoms with E-state index in [2.05, 4.69) is 5.92 Å². The maximum atomic E-state index is 9.03. The van der Waals surface area contributed by atoms with Gasteiger partial charge in [0, 0.05) is 0 Å². The van der Waals surface area contributed by atoms with Crippen molar-refractivity contribution in [3.05, 3.63) is 0 Å². The Labute approximate surface area is 73.9 Å². The third-order valence-corrected chi connectivity index (χ3v) is 2.23. The first kappa shape index (κ1) is 9.57. The van der Waals surface area contributed by atoms with Crippen LogP contribution >= 0.6 is 0 Å². The molecule has 1 unspecified atom stereocenters. The summed E-state index contributed by atoms with van der Waals surface area (Å²) in [5, 5.41) is 9.03. The molecule has 1 rings (SSSR count). The van der Waals surface area contributed by atoms with Crippen LogP contribution in [0.3, 0.4) is 0 Å². The lowest BCUT2D eigenvalue weighted by molar-refractivity contribution is -0.00750. The van der Waals surface area contributed by atoms with Crippen molar-refractivity contribution in [2.75, 3.05) is 6.61 Å². The molecule has 0 spiro atoms. The van der Waals surface area contributed by atoms with Gasteiger partial charge in [-0.25, -0.2) is 0 Å². The highest BCUT2D eigenvalue weighted by Gasteiger charge is 2.14. The van der Waals surface area contributed by atoms with Crippen LogP contribution in [0, 0.1) is 12.3 Å². The van der Waals surface area contributed by atoms with Gasteiger partial charge in [0.15, 0.2) is 0 Å². The van der Waals surface area contributed by atoms with E-state index in [0.29, 0.717) is 12.7 Å². The number of hydrogen-bond acceptors (Lipinski definition) is 2. The minimum atomic E-state index is -0.730. The van der Waals surface area contributed by atoms with Gasteiger partial charge in [-0.3, -0.25) is 0 Å². The zero-order valence-corrected chi connectivity index (χ0v) is 7.33. The average Bonchev–Trinajstić information content (AvgIpc) is 2.16. The minimum Gasteiger partial charge on any atom is -0.378 e. The van der Waals surface area contributed by atoms with Crippen LogP contribution in [-0.4, -0.2) is 23.9 Å². The van der Waals surface area contributed by atoms with Gasteiger partial charge in [0.05, 0.1) is 12.7 Å². The van der Waals surface area contributed by atoms with Gasteiger partial charge >= 0.3 is 0 Å². The molecule has 0 aliphatic heterocycles. The second-order valence-corrected chi connectivity index (χ2v) is 3.28. The first-order chi connectivity index (χ1) is 5.83. The summed E-state index contributed by atoms with van der Waals surface area (Å²) < 4.78 is 5.44. The molecule has 2 heteroatoms. The monoisotopic (exact) mass is 168 g/mol. The molecule has 1 saturated carbocycles. The SMILES string of the molecule is C#CC(O)COC1CCCCC1. The van der Waals surface area contributed by atoms with Crippen molar-refractivity contribution in [1.82, 2.24) is 0 Å². The van der Waals surface area contributed by atoms with Gasteiger partial charge in [0.1, 0.15) is 6.10 Å². The maximum absolute atomic E-state index is 9.03. The van der Waals surface area contributed by atoms with E-state index in [1.807, 2.05) is 0 Å². The quantitative estimate of drug-likeness (QED) is 0.644. The number of hydrogen-bond donors (Lipinski definition) is 1. The predicted octanol–water partition coefficient (Wildman–Crippen LogP) is 1.33. The summed E-state index contributed by atoms with van der Waals surface area (Å²) in [7, 11) is 0. The van der Waals surface area contributed by atoms with Crippen LogP contribution in [0.1, 0.15) is 32.1 Å². The van der Waals surface area contributed by atoms with Gasteiger partial charge in [-0.15, -0.1) is 6.42 Å². The molecule has 12 heavy (non-hydrogen) atoms. The molecule has 0 bridgehead atoms. The largest absolute Gasteiger partial charge is 0.378 e. The second-order valence-electron chi connectivity index (χ2n) is 3.28. The fraction of sp³-hybridized carbons (Fsp3) is 0.800. The zero-order chi connectivity index (χ0) is 8.81. The van der Waals surface area contributed by atoms with Crippen molar-refractivity contribution in [3.63, 3.8) is 0 Å². The number of terminal acetylenes is 1. The second kappa shape index (κ2) is 5.18. The number of aliphatic hydroxyl groups excluding tert-OH is 1. The number of aliphatic hydroxyl groups is 1. The Hall–Kier alpha value is -0.520. The van der Waals surface area contributed by atoms with E-state index >= 15 is 0 Å². The first-order valence-electron chi connectivity index (χ1n) is 4.58. The fourth-order valence-electron chi connectivity index (χ4n) is 1.51. The van der Waals surface area contributed by atoms with Gasteiger partial charge in [-0.2, -0.15) is 0 Å². The lowest BCUT2D eigenvalue weighted by atomic mass is 9.98. The van der Waals surface area contributed by atoms with Crippen LogP contribution in [0.5, 0.6) is 0 Å². The predicted molar refractivity (Wildman–Crippen MR) is 47.7 cm³/mol. The van der Waals surface area contributed by atoms with Crippen molar-refractivity contribution < 1.29 is 9.84 Å². The average molecular weight is 168 g/mol. The maximum Gasteiger partial charge on any atom is 0.137 e. The Morgan fingerprint density at radius 1 is 1.42 bits per heavy atom. The molecule has 68 valence electrons. The van der Waals surface area contributed by atoms with E-state index in [1.54, 1.807) is 0 Å². The van der Waals surface area contributed by atoms with E-state index in [-0.39, 0.29) is 0 Å². The summed E-state index contributed by atoms with van der Waals surface area (Å²) in [5.41, 5.74) is 0. The first-order valence-corrected chi connectivity index (χ1v) is 4.58. The third-order valence-electron chi connectivity index (χ3n) is 2.23. The molecular weight excluding hydrogens is 152 g/mol. The summed E-state index contributed by atoms with van der Waals surface area (Å²) >= 11 is 0. The van der Waals surface area contributed by atoms with Gasteiger partial charge in [-0.05, 0) is 12.8 Å². The highest BCUT2D eigenvalue weighted by atomic mass is 16.5. The van der Waals surface area contributed by atoms with Crippen LogP contribution in [0.15, 0.2) is 0 Å². The lowest BCUT2D eigenvalue weighted by Crippen LogP contribution is -2.22. The molecule has 0 radical (unpaired) electrons. The molecule has 1 N–H and O–H groups in total. The smallest absolute Gasteiger partial charge is 0.137 e. The summed E-state index contributed by atoms with van der Waals surface area (Å²) in [6.07, 6.45) is 10.7. The molecule has 2 nitrogen and oxygen atoms in total. The van der Waals surface area contributed by atoms with E-state index < -0.39 is 6.10 Å². The summed E-state index contributed by atoms with van der Waals surface area (Å²) in [6, 6.07) is 0. The van der Waals surface area contributed by atoms with Crippen LogP contribution in [0.25, 0.3) is 0 Å². The van der Waals surface area contributed by atoms with Crippen molar-refractivity contribution in [2.45, 2.75) is 44.3 Å². The summed E-state index contributed by atoms with van der Waals surface area (Å²) in [6.45, 7) is 0.293. The van der Waals surface area contributed by atoms with Crippen molar-refractivity contribution in [2.24, 2.45) is 0 Å². The Kier molecular flexibility index (Phi) is 4.13. The molecule has 1 aliphatic carbocycles. The van der Waals surface area contributed by atoms with Crippen LogP contribution < -0.4 is 0 Å². The highest BCUT2D eigenvalue weighted by Crippen LogP contribution is 2.20. The molecule has 0 aromatic carbocycles. The van der Waals surface area contributed by atoms with Crippen LogP contribution in [0.4, 0.5) is 0 Å². The molecular formula is C10H16O2. The Morgan fingerprint density at radius 3 is 2.67 bits per heavy atom. The van der Waals surface area contributed by atoms with Gasteiger partial charge < -0.3 is 9.84 Å². The molecule has 0 aromatic rings. The molecule has 1 atom stereocenters. The minimum absolute atomic E-state index is 0.293. The van der Waals surface area contributed by atoms with Gasteiger partial charge in [0.25, 0.3) is 0 Å². The Bertz CT molecular complexity index is 154. The van der Waals surface area contributed by atoms with Crippen LogP contribution in [0.2, 0.25) is 0 Å². The number of rotatable bonds is 3. The standard InChI is InChI=1S/C10H16O2/c1-2-9(11)8-12-10-6-4-3-5-7-10/h1,9-11H,3-8H2. The third kappa shape index (κ3) is 3.25. The fourth-order valence-corrected chi connectivity index (χ4v) is 1.51. The highest BCUT2D eigenvalue weighted by molar-refractivity contribution is 4.93. The molecule has 1 fully saturated rings. The van der Waals surface area contributed by atoms with Crippen LogP contribution in [-0.2, 0) is 4.74 Å². The van der Waals surface area contributed by atoms with Crippen molar-refractivity contribution in [3.8, 4) is 12.3 Å². The van der Waals surface area contributed by atoms with E-state index in [0.717, 1.165) is 12.8 Å². The topological polar surface area (TPSA) is 29.5 Å².